The van der Waals surface area contributed by atoms with E-state index in [0.29, 0.717) is 8.67 Å². The van der Waals surface area contributed by atoms with Gasteiger partial charge in [0.2, 0.25) is 0 Å². The van der Waals surface area contributed by atoms with Crippen LogP contribution in [0, 0.1) is 11.8 Å². The zero-order chi connectivity index (χ0) is 10.6. The van der Waals surface area contributed by atoms with Gasteiger partial charge in [-0.05, 0) is 25.0 Å². The Morgan fingerprint density at radius 1 is 1.57 bits per heavy atom. The van der Waals surface area contributed by atoms with Crippen molar-refractivity contribution in [2.75, 3.05) is 0 Å². The number of hydrogen-bond acceptors (Lipinski definition) is 2. The number of halogens is 2. The molecule has 76 valence electrons. The molecule has 0 radical (unpaired) electrons. The van der Waals surface area contributed by atoms with Crippen molar-refractivity contribution >= 4 is 34.5 Å². The van der Waals surface area contributed by atoms with Crippen molar-refractivity contribution in [1.29, 1.82) is 0 Å². The molecule has 4 heteroatoms. The second-order valence-corrected chi connectivity index (χ2v) is 5.14. The van der Waals surface area contributed by atoms with Gasteiger partial charge in [0.15, 0.2) is 0 Å². The number of thiophene rings is 1. The van der Waals surface area contributed by atoms with Gasteiger partial charge in [0.25, 0.3) is 0 Å². The van der Waals surface area contributed by atoms with Crippen molar-refractivity contribution in [3.05, 3.63) is 20.3 Å². The third-order valence-electron chi connectivity index (χ3n) is 1.84. The summed E-state index contributed by atoms with van der Waals surface area (Å²) in [5.41, 5.74) is 6.88. The Morgan fingerprint density at radius 3 is 2.79 bits per heavy atom. The SMILES string of the molecule is CC#CCCC(N)c1cc(Cl)sc1Cl. The van der Waals surface area contributed by atoms with Gasteiger partial charge < -0.3 is 5.73 Å². The Hall–Kier alpha value is -0.200. The van der Waals surface area contributed by atoms with E-state index in [9.17, 15) is 0 Å². The Kier molecular flexibility index (Phi) is 4.77. The zero-order valence-corrected chi connectivity index (χ0v) is 10.1. The second-order valence-electron chi connectivity index (χ2n) is 2.85. The van der Waals surface area contributed by atoms with Crippen LogP contribution in [0.4, 0.5) is 0 Å². The van der Waals surface area contributed by atoms with Gasteiger partial charge in [-0.3, -0.25) is 0 Å². The molecule has 14 heavy (non-hydrogen) atoms. The largest absolute Gasteiger partial charge is 0.324 e. The van der Waals surface area contributed by atoms with Crippen LogP contribution >= 0.6 is 34.5 Å². The number of hydrogen-bond donors (Lipinski definition) is 1. The summed E-state index contributed by atoms with van der Waals surface area (Å²) in [5.74, 6) is 5.80. The summed E-state index contributed by atoms with van der Waals surface area (Å²) in [6.07, 6.45) is 1.61. The summed E-state index contributed by atoms with van der Waals surface area (Å²) >= 11 is 13.1. The van der Waals surface area contributed by atoms with Gasteiger partial charge in [0, 0.05) is 12.5 Å². The van der Waals surface area contributed by atoms with Gasteiger partial charge in [0.1, 0.15) is 0 Å². The quantitative estimate of drug-likeness (QED) is 0.807. The van der Waals surface area contributed by atoms with Gasteiger partial charge >= 0.3 is 0 Å². The Bertz CT molecular complexity index is 362. The van der Waals surface area contributed by atoms with E-state index in [1.165, 1.54) is 11.3 Å². The van der Waals surface area contributed by atoms with E-state index >= 15 is 0 Å². The molecule has 0 aromatic carbocycles. The van der Waals surface area contributed by atoms with Crippen molar-refractivity contribution in [2.24, 2.45) is 5.73 Å². The van der Waals surface area contributed by atoms with E-state index in [-0.39, 0.29) is 6.04 Å². The first-order valence-corrected chi connectivity index (χ1v) is 5.82. The third-order valence-corrected chi connectivity index (χ3v) is 3.36. The molecule has 1 heterocycles. The monoisotopic (exact) mass is 247 g/mol. The minimum absolute atomic E-state index is 0.0629. The normalized spacial score (nSPS) is 12.0. The molecule has 2 N–H and O–H groups in total. The minimum Gasteiger partial charge on any atom is -0.324 e. The lowest BCUT2D eigenvalue weighted by atomic mass is 10.1. The molecule has 0 aliphatic heterocycles. The van der Waals surface area contributed by atoms with Gasteiger partial charge in [-0.2, -0.15) is 0 Å². The molecule has 1 nitrogen and oxygen atoms in total. The van der Waals surface area contributed by atoms with E-state index in [1.807, 2.05) is 13.0 Å². The average molecular weight is 248 g/mol. The van der Waals surface area contributed by atoms with Crippen LogP contribution in [-0.4, -0.2) is 0 Å². The molecular formula is C10H11Cl2NS. The molecule has 1 aromatic heterocycles. The van der Waals surface area contributed by atoms with Crippen LogP contribution in [0.1, 0.15) is 31.4 Å². The summed E-state index contributed by atoms with van der Waals surface area (Å²) in [4.78, 5) is 0. The lowest BCUT2D eigenvalue weighted by molar-refractivity contribution is 0.670. The third kappa shape index (κ3) is 3.18. The van der Waals surface area contributed by atoms with E-state index in [0.717, 1.165) is 18.4 Å². The molecule has 1 atom stereocenters. The van der Waals surface area contributed by atoms with Crippen LogP contribution in [0.15, 0.2) is 6.07 Å². The zero-order valence-electron chi connectivity index (χ0n) is 7.81. The van der Waals surface area contributed by atoms with Crippen LogP contribution in [0.2, 0.25) is 8.67 Å². The summed E-state index contributed by atoms with van der Waals surface area (Å²) < 4.78 is 1.37. The highest BCUT2D eigenvalue weighted by molar-refractivity contribution is 7.20. The van der Waals surface area contributed by atoms with Gasteiger partial charge in [-0.25, -0.2) is 0 Å². The molecule has 1 rings (SSSR count). The fourth-order valence-corrected chi connectivity index (χ4v) is 2.71. The summed E-state index contributed by atoms with van der Waals surface area (Å²) in [6.45, 7) is 1.82. The first-order valence-electron chi connectivity index (χ1n) is 4.25. The van der Waals surface area contributed by atoms with Crippen LogP contribution in [-0.2, 0) is 0 Å². The molecule has 0 aliphatic carbocycles. The van der Waals surface area contributed by atoms with Crippen LogP contribution in [0.25, 0.3) is 0 Å². The molecule has 0 fully saturated rings. The Balaban J connectivity index is 2.62. The highest BCUT2D eigenvalue weighted by Crippen LogP contribution is 2.35. The average Bonchev–Trinajstić information content (AvgIpc) is 2.45. The minimum atomic E-state index is -0.0629. The van der Waals surface area contributed by atoms with Crippen LogP contribution < -0.4 is 5.73 Å². The standard InChI is InChI=1S/C10H11Cl2NS/c1-2-3-4-5-8(13)7-6-9(11)14-10(7)12/h6,8H,4-5,13H2,1H3. The van der Waals surface area contributed by atoms with E-state index in [2.05, 4.69) is 11.8 Å². The first-order chi connectivity index (χ1) is 6.65. The highest BCUT2D eigenvalue weighted by Gasteiger charge is 2.12. The van der Waals surface area contributed by atoms with E-state index < -0.39 is 0 Å². The van der Waals surface area contributed by atoms with Crippen molar-refractivity contribution in [2.45, 2.75) is 25.8 Å². The maximum absolute atomic E-state index is 5.97. The number of rotatable bonds is 3. The van der Waals surface area contributed by atoms with Crippen LogP contribution in [0.5, 0.6) is 0 Å². The second kappa shape index (κ2) is 5.63. The van der Waals surface area contributed by atoms with Crippen molar-refractivity contribution in [3.63, 3.8) is 0 Å². The molecule has 1 unspecified atom stereocenters. The lowest BCUT2D eigenvalue weighted by Crippen LogP contribution is -2.09. The maximum Gasteiger partial charge on any atom is 0.0991 e. The summed E-state index contributed by atoms with van der Waals surface area (Å²) in [7, 11) is 0. The fraction of sp³-hybridized carbons (Fsp3) is 0.400. The number of nitrogens with two attached hydrogens (primary N) is 1. The van der Waals surface area contributed by atoms with E-state index in [1.54, 1.807) is 0 Å². The molecular weight excluding hydrogens is 237 g/mol. The predicted molar refractivity (Wildman–Crippen MR) is 64.0 cm³/mol. The van der Waals surface area contributed by atoms with Gasteiger partial charge in [0.05, 0.1) is 8.67 Å². The molecule has 0 saturated heterocycles. The smallest absolute Gasteiger partial charge is 0.0991 e. The summed E-state index contributed by atoms with van der Waals surface area (Å²) in [5, 5.41) is 0. The first kappa shape index (κ1) is 11.9. The van der Waals surface area contributed by atoms with Gasteiger partial charge in [-0.1, -0.05) is 23.2 Å². The molecule has 0 aliphatic rings. The molecule has 1 aromatic rings. The molecule has 0 saturated carbocycles. The Morgan fingerprint density at radius 2 is 2.29 bits per heavy atom. The Labute approximate surface area is 98.2 Å². The topological polar surface area (TPSA) is 26.0 Å². The van der Waals surface area contributed by atoms with E-state index in [4.69, 9.17) is 28.9 Å². The van der Waals surface area contributed by atoms with Crippen molar-refractivity contribution in [1.82, 2.24) is 0 Å². The van der Waals surface area contributed by atoms with Crippen molar-refractivity contribution < 1.29 is 0 Å². The predicted octanol–water partition coefficient (Wildman–Crippen LogP) is 3.86. The molecule has 0 bridgehead atoms. The highest BCUT2D eigenvalue weighted by atomic mass is 35.5. The molecule has 0 spiro atoms. The summed E-state index contributed by atoms with van der Waals surface area (Å²) in [6, 6.07) is 1.77. The van der Waals surface area contributed by atoms with Crippen molar-refractivity contribution in [3.8, 4) is 11.8 Å². The maximum atomic E-state index is 5.97. The fourth-order valence-electron chi connectivity index (χ4n) is 1.11. The van der Waals surface area contributed by atoms with Crippen LogP contribution in [0.3, 0.4) is 0 Å². The lowest BCUT2D eigenvalue weighted by Gasteiger charge is -2.07. The van der Waals surface area contributed by atoms with Gasteiger partial charge in [-0.15, -0.1) is 23.2 Å². The molecule has 0 amide bonds.